The second kappa shape index (κ2) is 10.2. The fourth-order valence-electron chi connectivity index (χ4n) is 2.83. The van der Waals surface area contributed by atoms with Crippen molar-refractivity contribution in [1.29, 1.82) is 0 Å². The molecule has 0 aromatic heterocycles. The van der Waals surface area contributed by atoms with Gasteiger partial charge in [-0.15, -0.1) is 0 Å². The van der Waals surface area contributed by atoms with Crippen LogP contribution in [0, 0.1) is 5.82 Å². The minimum Gasteiger partial charge on any atom is -0.507 e. The van der Waals surface area contributed by atoms with Gasteiger partial charge in [-0.05, 0) is 50.1 Å². The third-order valence-corrected chi connectivity index (χ3v) is 5.76. The lowest BCUT2D eigenvalue weighted by Crippen LogP contribution is -2.08. The van der Waals surface area contributed by atoms with Gasteiger partial charge in [0, 0.05) is 11.3 Å². The van der Waals surface area contributed by atoms with Gasteiger partial charge in [0.25, 0.3) is 0 Å². The van der Waals surface area contributed by atoms with E-state index in [-0.39, 0.29) is 39.9 Å². The molecule has 0 aliphatic carbocycles. The van der Waals surface area contributed by atoms with Gasteiger partial charge < -0.3 is 14.9 Å². The number of hydrogen-bond donors (Lipinski definition) is 2. The maximum Gasteiger partial charge on any atom is 0.335 e. The molecule has 0 saturated heterocycles. The highest BCUT2D eigenvalue weighted by Crippen LogP contribution is 2.33. The van der Waals surface area contributed by atoms with Gasteiger partial charge in [-0.25, -0.2) is 9.18 Å². The van der Waals surface area contributed by atoms with Crippen molar-refractivity contribution in [1.82, 2.24) is 0 Å². The number of carboxylic acid groups (broad SMARTS) is 1. The summed E-state index contributed by atoms with van der Waals surface area (Å²) in [5.74, 6) is -1.81. The Balaban J connectivity index is 2.00. The second-order valence-corrected chi connectivity index (χ2v) is 7.99. The summed E-state index contributed by atoms with van der Waals surface area (Å²) in [6.45, 7) is 3.51. The highest BCUT2D eigenvalue weighted by molar-refractivity contribution is 7.85. The molecule has 6 nitrogen and oxygen atoms in total. The highest BCUT2D eigenvalue weighted by atomic mass is 32.2. The van der Waals surface area contributed by atoms with Crippen LogP contribution in [0.1, 0.15) is 53.0 Å². The second-order valence-electron chi connectivity index (χ2n) is 6.45. The first-order valence-corrected chi connectivity index (χ1v) is 10.5. The maximum atomic E-state index is 14.0. The van der Waals surface area contributed by atoms with Crippen LogP contribution in [0.5, 0.6) is 11.5 Å². The molecule has 0 fully saturated rings. The third-order valence-electron chi connectivity index (χ3n) is 4.27. The molecule has 0 aliphatic rings. The number of carboxylic acids is 1. The van der Waals surface area contributed by atoms with E-state index in [4.69, 9.17) is 9.84 Å². The Morgan fingerprint density at radius 2 is 1.93 bits per heavy atom. The van der Waals surface area contributed by atoms with Crippen LogP contribution in [0.3, 0.4) is 0 Å². The number of benzene rings is 2. The molecule has 1 unspecified atom stereocenters. The Kier molecular flexibility index (Phi) is 7.90. The SMILES string of the molecule is CCCc1c(OCCCS(=O)c2ccc(C(=O)O)cc2F)ccc(C(C)=O)c1O. The van der Waals surface area contributed by atoms with Gasteiger partial charge in [0.1, 0.15) is 17.3 Å². The Bertz CT molecular complexity index is 941. The fourth-order valence-corrected chi connectivity index (χ4v) is 3.93. The van der Waals surface area contributed by atoms with E-state index in [2.05, 4.69) is 0 Å². The summed E-state index contributed by atoms with van der Waals surface area (Å²) < 4.78 is 32.0. The summed E-state index contributed by atoms with van der Waals surface area (Å²) in [4.78, 5) is 22.4. The molecule has 2 aromatic carbocycles. The van der Waals surface area contributed by atoms with Crippen molar-refractivity contribution in [2.45, 2.75) is 38.0 Å². The monoisotopic (exact) mass is 422 g/mol. The van der Waals surface area contributed by atoms with Crippen LogP contribution in [0.2, 0.25) is 0 Å². The predicted octanol–water partition coefficient (Wildman–Crippen LogP) is 3.96. The van der Waals surface area contributed by atoms with Gasteiger partial charge in [0.05, 0.1) is 33.4 Å². The van der Waals surface area contributed by atoms with E-state index in [1.165, 1.54) is 25.1 Å². The Morgan fingerprint density at radius 3 is 2.52 bits per heavy atom. The number of ether oxygens (including phenoxy) is 1. The minimum absolute atomic E-state index is 0.0508. The number of ketones is 1. The molecule has 0 bridgehead atoms. The van der Waals surface area contributed by atoms with E-state index >= 15 is 0 Å². The summed E-state index contributed by atoms with van der Waals surface area (Å²) in [7, 11) is -1.64. The number of rotatable bonds is 10. The van der Waals surface area contributed by atoms with E-state index in [9.17, 15) is 23.3 Å². The summed E-state index contributed by atoms with van der Waals surface area (Å²) in [6, 6.07) is 6.41. The van der Waals surface area contributed by atoms with E-state index in [0.29, 0.717) is 24.2 Å². The van der Waals surface area contributed by atoms with Gasteiger partial charge in [-0.3, -0.25) is 9.00 Å². The van der Waals surface area contributed by atoms with Crippen molar-refractivity contribution < 1.29 is 33.1 Å². The van der Waals surface area contributed by atoms with E-state index in [1.54, 1.807) is 6.07 Å². The molecule has 0 heterocycles. The number of carbonyl (C=O) groups excluding carboxylic acids is 1. The molecule has 2 rings (SSSR count). The molecule has 8 heteroatoms. The van der Waals surface area contributed by atoms with Crippen LogP contribution in [-0.2, 0) is 17.2 Å². The van der Waals surface area contributed by atoms with Crippen molar-refractivity contribution in [2.24, 2.45) is 0 Å². The molecule has 2 N–H and O–H groups in total. The van der Waals surface area contributed by atoms with Crippen molar-refractivity contribution in [3.05, 3.63) is 52.8 Å². The van der Waals surface area contributed by atoms with Gasteiger partial charge in [0.15, 0.2) is 5.78 Å². The quantitative estimate of drug-likeness (QED) is 0.444. The van der Waals surface area contributed by atoms with Crippen LogP contribution >= 0.6 is 0 Å². The number of phenols is 1. The molecule has 0 amide bonds. The number of carbonyl (C=O) groups is 2. The van der Waals surface area contributed by atoms with E-state index < -0.39 is 22.6 Å². The van der Waals surface area contributed by atoms with Gasteiger partial charge in [-0.1, -0.05) is 13.3 Å². The van der Waals surface area contributed by atoms with Gasteiger partial charge in [-0.2, -0.15) is 0 Å². The normalized spacial score (nSPS) is 11.8. The lowest BCUT2D eigenvalue weighted by molar-refractivity contribution is 0.0696. The van der Waals surface area contributed by atoms with Crippen molar-refractivity contribution >= 4 is 22.6 Å². The van der Waals surface area contributed by atoms with Crippen LogP contribution in [-0.4, -0.2) is 38.5 Å². The number of hydrogen-bond acceptors (Lipinski definition) is 5. The first kappa shape index (κ1) is 22.5. The van der Waals surface area contributed by atoms with Crippen molar-refractivity contribution in [3.8, 4) is 11.5 Å². The summed E-state index contributed by atoms with van der Waals surface area (Å²) >= 11 is 0. The zero-order chi connectivity index (χ0) is 21.6. The zero-order valence-electron chi connectivity index (χ0n) is 16.2. The number of aromatic carboxylic acids is 1. The molecule has 0 saturated carbocycles. The minimum atomic E-state index is -1.64. The smallest absolute Gasteiger partial charge is 0.335 e. The Labute approximate surface area is 170 Å². The zero-order valence-corrected chi connectivity index (χ0v) is 17.1. The van der Waals surface area contributed by atoms with Crippen LogP contribution < -0.4 is 4.74 Å². The van der Waals surface area contributed by atoms with Gasteiger partial charge in [0.2, 0.25) is 0 Å². The lowest BCUT2D eigenvalue weighted by atomic mass is 10.0. The third kappa shape index (κ3) is 5.63. The molecule has 0 radical (unpaired) electrons. The summed E-state index contributed by atoms with van der Waals surface area (Å²) in [5, 5.41) is 19.2. The fraction of sp³-hybridized carbons (Fsp3) is 0.333. The molecule has 156 valence electrons. The van der Waals surface area contributed by atoms with Crippen LogP contribution in [0.25, 0.3) is 0 Å². The molecular weight excluding hydrogens is 399 g/mol. The first-order valence-electron chi connectivity index (χ1n) is 9.16. The molecule has 2 aromatic rings. The van der Waals surface area contributed by atoms with Crippen molar-refractivity contribution in [3.63, 3.8) is 0 Å². The average Bonchev–Trinajstić information content (AvgIpc) is 2.67. The molecule has 1 atom stereocenters. The molecule has 0 aliphatic heterocycles. The number of phenolic OH excluding ortho intramolecular Hbond substituents is 1. The number of aromatic hydroxyl groups is 1. The largest absolute Gasteiger partial charge is 0.507 e. The Hall–Kier alpha value is -2.74. The van der Waals surface area contributed by atoms with Crippen molar-refractivity contribution in [2.75, 3.05) is 12.4 Å². The summed E-state index contributed by atoms with van der Waals surface area (Å²) in [6.07, 6.45) is 1.64. The topological polar surface area (TPSA) is 101 Å². The lowest BCUT2D eigenvalue weighted by Gasteiger charge is -2.14. The maximum absolute atomic E-state index is 14.0. The van der Waals surface area contributed by atoms with Crippen LogP contribution in [0.15, 0.2) is 35.2 Å². The number of halogens is 1. The van der Waals surface area contributed by atoms with Gasteiger partial charge >= 0.3 is 5.97 Å². The predicted molar refractivity (Wildman–Crippen MR) is 107 cm³/mol. The Morgan fingerprint density at radius 1 is 1.21 bits per heavy atom. The number of Topliss-reactive ketones (excluding diaryl/α,β-unsaturated/α-hetero) is 1. The summed E-state index contributed by atoms with van der Waals surface area (Å²) in [5.41, 5.74) is 0.586. The standard InChI is InChI=1S/C21H23FO6S/c1-3-5-16-18(8-7-15(13(2)23)20(16)24)28-10-4-11-29(27)19-9-6-14(21(25)26)12-17(19)22/h6-9,12,24H,3-5,10-11H2,1-2H3,(H,25,26). The molecular formula is C21H23FO6S. The highest BCUT2D eigenvalue weighted by Gasteiger charge is 2.17. The molecule has 29 heavy (non-hydrogen) atoms. The molecule has 0 spiro atoms. The van der Waals surface area contributed by atoms with E-state index in [0.717, 1.165) is 12.5 Å². The first-order chi connectivity index (χ1) is 13.8. The average molecular weight is 422 g/mol. The van der Waals surface area contributed by atoms with E-state index in [1.807, 2.05) is 6.92 Å². The van der Waals surface area contributed by atoms with Crippen LogP contribution in [0.4, 0.5) is 4.39 Å².